The second kappa shape index (κ2) is 4.64. The van der Waals surface area contributed by atoms with Crippen molar-refractivity contribution in [2.75, 3.05) is 25.7 Å². The molecule has 2 nitrogen and oxygen atoms in total. The Morgan fingerprint density at radius 3 is 2.62 bits per heavy atom. The van der Waals surface area contributed by atoms with Gasteiger partial charge in [-0.1, -0.05) is 12.1 Å². The summed E-state index contributed by atoms with van der Waals surface area (Å²) in [5, 5.41) is 0. The van der Waals surface area contributed by atoms with Gasteiger partial charge in [0.15, 0.2) is 0 Å². The molecule has 88 valence electrons. The third kappa shape index (κ3) is 1.92. The maximum Gasteiger partial charge on any atom is 0.122 e. The number of alkyl halides is 1. The Kier molecular flexibility index (Phi) is 3.41. The molecule has 0 aliphatic carbocycles. The highest BCUT2D eigenvalue weighted by Gasteiger charge is 2.39. The topological polar surface area (TPSA) is 18.5 Å². The maximum atomic E-state index is 6.04. The summed E-state index contributed by atoms with van der Waals surface area (Å²) in [6, 6.07) is 6.29. The Balaban J connectivity index is 2.26. The van der Waals surface area contributed by atoms with E-state index in [-0.39, 0.29) is 5.41 Å². The summed E-state index contributed by atoms with van der Waals surface area (Å²) in [4.78, 5) is 0. The first kappa shape index (κ1) is 11.7. The predicted octanol–water partition coefficient (Wildman–Crippen LogP) is 2.90. The molecule has 1 aromatic carbocycles. The van der Waals surface area contributed by atoms with Crippen molar-refractivity contribution in [3.63, 3.8) is 0 Å². The highest BCUT2D eigenvalue weighted by molar-refractivity contribution is 6.18. The lowest BCUT2D eigenvalue weighted by Crippen LogP contribution is -2.48. The van der Waals surface area contributed by atoms with E-state index in [1.807, 2.05) is 13.0 Å². The third-order valence-corrected chi connectivity index (χ3v) is 3.61. The minimum Gasteiger partial charge on any atom is -0.494 e. The molecule has 16 heavy (non-hydrogen) atoms. The summed E-state index contributed by atoms with van der Waals surface area (Å²) in [6.45, 7) is 6.21. The molecule has 0 N–H and O–H groups in total. The number of benzene rings is 1. The van der Waals surface area contributed by atoms with E-state index in [9.17, 15) is 0 Å². The number of hydrogen-bond acceptors (Lipinski definition) is 2. The van der Waals surface area contributed by atoms with Gasteiger partial charge in [0.25, 0.3) is 0 Å². The second-order valence-corrected chi connectivity index (χ2v) is 4.59. The summed E-state index contributed by atoms with van der Waals surface area (Å²) >= 11 is 6.04. The van der Waals surface area contributed by atoms with Gasteiger partial charge in [-0.2, -0.15) is 0 Å². The summed E-state index contributed by atoms with van der Waals surface area (Å²) in [5.74, 6) is 1.57. The van der Waals surface area contributed by atoms with Crippen LogP contribution in [0.4, 0.5) is 0 Å². The lowest BCUT2D eigenvalue weighted by Gasteiger charge is -2.40. The van der Waals surface area contributed by atoms with E-state index in [0.29, 0.717) is 12.5 Å². The lowest BCUT2D eigenvalue weighted by molar-refractivity contribution is -0.0480. The quantitative estimate of drug-likeness (QED) is 0.754. The number of aryl methyl sites for hydroxylation is 1. The first-order chi connectivity index (χ1) is 7.72. The van der Waals surface area contributed by atoms with Crippen LogP contribution in [-0.4, -0.2) is 25.7 Å². The second-order valence-electron chi connectivity index (χ2n) is 4.32. The largest absolute Gasteiger partial charge is 0.494 e. The van der Waals surface area contributed by atoms with Gasteiger partial charge in [0, 0.05) is 5.88 Å². The summed E-state index contributed by atoms with van der Waals surface area (Å²) in [7, 11) is 0. The zero-order valence-corrected chi connectivity index (χ0v) is 10.5. The molecule has 0 radical (unpaired) electrons. The molecule has 1 aliphatic rings. The van der Waals surface area contributed by atoms with Crippen molar-refractivity contribution in [3.8, 4) is 5.75 Å². The molecule has 0 unspecified atom stereocenters. The molecule has 0 bridgehead atoms. The van der Waals surface area contributed by atoms with Crippen molar-refractivity contribution in [1.29, 1.82) is 0 Å². The van der Waals surface area contributed by atoms with Gasteiger partial charge in [-0.25, -0.2) is 0 Å². The van der Waals surface area contributed by atoms with E-state index in [1.165, 1.54) is 5.56 Å². The molecule has 1 aromatic rings. The molecule has 0 aromatic heterocycles. The molecule has 1 saturated heterocycles. The molecule has 1 aliphatic heterocycles. The Hall–Kier alpha value is -0.730. The first-order valence-electron chi connectivity index (χ1n) is 5.59. The van der Waals surface area contributed by atoms with E-state index in [4.69, 9.17) is 21.1 Å². The monoisotopic (exact) mass is 240 g/mol. The van der Waals surface area contributed by atoms with Crippen LogP contribution in [0.25, 0.3) is 0 Å². The van der Waals surface area contributed by atoms with Crippen LogP contribution in [0.2, 0.25) is 0 Å². The molecule has 2 rings (SSSR count). The molecule has 0 spiro atoms. The van der Waals surface area contributed by atoms with Crippen LogP contribution in [0, 0.1) is 6.92 Å². The van der Waals surface area contributed by atoms with Crippen molar-refractivity contribution in [1.82, 2.24) is 0 Å². The zero-order valence-electron chi connectivity index (χ0n) is 9.75. The first-order valence-corrected chi connectivity index (χ1v) is 6.13. The Morgan fingerprint density at radius 1 is 1.44 bits per heavy atom. The summed E-state index contributed by atoms with van der Waals surface area (Å²) in [5.41, 5.74) is 2.45. The average Bonchev–Trinajstić information content (AvgIpc) is 2.21. The van der Waals surface area contributed by atoms with E-state index in [0.717, 1.165) is 24.5 Å². The number of hydrogen-bond donors (Lipinski definition) is 0. The molecular formula is C13H17ClO2. The van der Waals surface area contributed by atoms with Gasteiger partial charge >= 0.3 is 0 Å². The predicted molar refractivity (Wildman–Crippen MR) is 65.6 cm³/mol. The van der Waals surface area contributed by atoms with Gasteiger partial charge in [-0.05, 0) is 31.0 Å². The fourth-order valence-corrected chi connectivity index (χ4v) is 2.27. The van der Waals surface area contributed by atoms with Gasteiger partial charge in [0.1, 0.15) is 5.75 Å². The van der Waals surface area contributed by atoms with Crippen molar-refractivity contribution < 1.29 is 9.47 Å². The van der Waals surface area contributed by atoms with Gasteiger partial charge in [-0.3, -0.25) is 0 Å². The molecule has 1 fully saturated rings. The van der Waals surface area contributed by atoms with Crippen LogP contribution in [0.1, 0.15) is 18.1 Å². The van der Waals surface area contributed by atoms with Crippen LogP contribution >= 0.6 is 11.6 Å². The van der Waals surface area contributed by atoms with Crippen molar-refractivity contribution in [2.24, 2.45) is 0 Å². The van der Waals surface area contributed by atoms with E-state index in [2.05, 4.69) is 19.1 Å². The Labute approximate surface area is 102 Å². The number of ether oxygens (including phenoxy) is 2. The number of rotatable bonds is 4. The SMILES string of the molecule is CCOc1ccc(C2(CCl)COC2)cc1C. The van der Waals surface area contributed by atoms with Gasteiger partial charge in [-0.15, -0.1) is 11.6 Å². The minimum absolute atomic E-state index is 0.0249. The van der Waals surface area contributed by atoms with Crippen LogP contribution in [0.15, 0.2) is 18.2 Å². The van der Waals surface area contributed by atoms with Gasteiger partial charge in [0.2, 0.25) is 0 Å². The molecule has 3 heteroatoms. The summed E-state index contributed by atoms with van der Waals surface area (Å²) < 4.78 is 10.8. The standard InChI is InChI=1S/C13H17ClO2/c1-3-16-12-5-4-11(6-10(12)2)13(7-14)8-15-9-13/h4-6H,3,7-9H2,1-2H3. The van der Waals surface area contributed by atoms with Gasteiger partial charge in [0.05, 0.1) is 25.2 Å². The number of halogens is 1. The average molecular weight is 241 g/mol. The lowest BCUT2D eigenvalue weighted by atomic mass is 9.80. The zero-order chi connectivity index (χ0) is 11.6. The van der Waals surface area contributed by atoms with E-state index in [1.54, 1.807) is 0 Å². The molecule has 0 atom stereocenters. The normalized spacial score (nSPS) is 17.9. The highest BCUT2D eigenvalue weighted by atomic mass is 35.5. The van der Waals surface area contributed by atoms with E-state index < -0.39 is 0 Å². The van der Waals surface area contributed by atoms with Gasteiger partial charge < -0.3 is 9.47 Å². The molecule has 0 amide bonds. The van der Waals surface area contributed by atoms with Crippen molar-refractivity contribution >= 4 is 11.6 Å². The Bertz CT molecular complexity index is 367. The van der Waals surface area contributed by atoms with Crippen LogP contribution < -0.4 is 4.74 Å². The van der Waals surface area contributed by atoms with Crippen LogP contribution in [-0.2, 0) is 10.2 Å². The van der Waals surface area contributed by atoms with Crippen molar-refractivity contribution in [2.45, 2.75) is 19.3 Å². The molecular weight excluding hydrogens is 224 g/mol. The minimum atomic E-state index is 0.0249. The molecule has 0 saturated carbocycles. The highest BCUT2D eigenvalue weighted by Crippen LogP contribution is 2.35. The fourth-order valence-electron chi connectivity index (χ4n) is 1.97. The third-order valence-electron chi connectivity index (χ3n) is 3.10. The summed E-state index contributed by atoms with van der Waals surface area (Å²) in [6.07, 6.45) is 0. The van der Waals surface area contributed by atoms with Crippen LogP contribution in [0.5, 0.6) is 5.75 Å². The van der Waals surface area contributed by atoms with E-state index >= 15 is 0 Å². The fraction of sp³-hybridized carbons (Fsp3) is 0.538. The van der Waals surface area contributed by atoms with Crippen LogP contribution in [0.3, 0.4) is 0 Å². The Morgan fingerprint density at radius 2 is 2.19 bits per heavy atom. The van der Waals surface area contributed by atoms with Crippen molar-refractivity contribution in [3.05, 3.63) is 29.3 Å². The molecule has 1 heterocycles. The maximum absolute atomic E-state index is 6.04. The smallest absolute Gasteiger partial charge is 0.122 e.